The van der Waals surface area contributed by atoms with Gasteiger partial charge in [0.15, 0.2) is 0 Å². The van der Waals surface area contributed by atoms with E-state index >= 15 is 0 Å². The van der Waals surface area contributed by atoms with Crippen LogP contribution in [-0.4, -0.2) is 16.1 Å². The summed E-state index contributed by atoms with van der Waals surface area (Å²) in [6.45, 7) is 0. The van der Waals surface area contributed by atoms with Crippen LogP contribution < -0.4 is 5.73 Å². The molecular formula is C9H8N2O2. The average Bonchev–Trinajstić information content (AvgIpc) is 2.08. The van der Waals surface area contributed by atoms with Crippen LogP contribution in [0.15, 0.2) is 18.3 Å². The lowest BCUT2D eigenvalue weighted by molar-refractivity contribution is -0.135. The number of pyridine rings is 1. The molecule has 0 aliphatic carbocycles. The average molecular weight is 176 g/mol. The summed E-state index contributed by atoms with van der Waals surface area (Å²) in [5.41, 5.74) is 6.04. The Kier molecular flexibility index (Phi) is 2.87. The van der Waals surface area contributed by atoms with E-state index in [0.29, 0.717) is 11.4 Å². The molecule has 66 valence electrons. The van der Waals surface area contributed by atoms with Crippen molar-refractivity contribution in [1.82, 2.24) is 4.98 Å². The van der Waals surface area contributed by atoms with E-state index in [-0.39, 0.29) is 6.42 Å². The van der Waals surface area contributed by atoms with Gasteiger partial charge >= 0.3 is 5.97 Å². The van der Waals surface area contributed by atoms with Gasteiger partial charge in [-0.05, 0) is 12.1 Å². The number of carboxylic acids is 1. The first-order valence-corrected chi connectivity index (χ1v) is 3.61. The van der Waals surface area contributed by atoms with Crippen molar-refractivity contribution in [3.63, 3.8) is 0 Å². The predicted molar refractivity (Wildman–Crippen MR) is 47.8 cm³/mol. The second-order valence-electron chi connectivity index (χ2n) is 2.31. The smallest absolute Gasteiger partial charge is 0.315 e. The molecule has 0 saturated carbocycles. The highest BCUT2D eigenvalue weighted by Gasteiger charge is 1.93. The zero-order chi connectivity index (χ0) is 9.68. The van der Waals surface area contributed by atoms with E-state index in [2.05, 4.69) is 16.8 Å². The fourth-order valence-corrected chi connectivity index (χ4v) is 0.738. The van der Waals surface area contributed by atoms with Gasteiger partial charge in [-0.25, -0.2) is 4.98 Å². The van der Waals surface area contributed by atoms with Gasteiger partial charge < -0.3 is 10.8 Å². The van der Waals surface area contributed by atoms with Crippen LogP contribution in [0.4, 0.5) is 5.82 Å². The molecule has 0 bridgehead atoms. The lowest BCUT2D eigenvalue weighted by atomic mass is 10.2. The van der Waals surface area contributed by atoms with Crippen LogP contribution in [0, 0.1) is 11.8 Å². The first-order chi connectivity index (χ1) is 6.20. The van der Waals surface area contributed by atoms with Gasteiger partial charge in [0.1, 0.15) is 12.2 Å². The number of aliphatic carboxylic acids is 1. The molecule has 0 atom stereocenters. The SMILES string of the molecule is Nc1ncccc1C#CCC(=O)O. The largest absolute Gasteiger partial charge is 0.481 e. The number of aromatic nitrogens is 1. The molecule has 0 fully saturated rings. The van der Waals surface area contributed by atoms with Crippen LogP contribution in [0.1, 0.15) is 12.0 Å². The molecule has 0 radical (unpaired) electrons. The quantitative estimate of drug-likeness (QED) is 0.610. The predicted octanol–water partition coefficient (Wildman–Crippen LogP) is 0.490. The molecule has 3 N–H and O–H groups in total. The monoisotopic (exact) mass is 176 g/mol. The minimum absolute atomic E-state index is 0.186. The Morgan fingerprint density at radius 3 is 3.08 bits per heavy atom. The fraction of sp³-hybridized carbons (Fsp3) is 0.111. The van der Waals surface area contributed by atoms with E-state index in [4.69, 9.17) is 10.8 Å². The minimum atomic E-state index is -0.949. The molecule has 0 amide bonds. The maximum absolute atomic E-state index is 10.1. The van der Waals surface area contributed by atoms with Crippen molar-refractivity contribution in [2.24, 2.45) is 0 Å². The molecule has 13 heavy (non-hydrogen) atoms. The summed E-state index contributed by atoms with van der Waals surface area (Å²) in [5.74, 6) is 4.47. The van der Waals surface area contributed by atoms with E-state index in [9.17, 15) is 4.79 Å². The molecule has 0 saturated heterocycles. The Labute approximate surface area is 75.4 Å². The Morgan fingerprint density at radius 2 is 2.46 bits per heavy atom. The van der Waals surface area contributed by atoms with Crippen molar-refractivity contribution in [2.75, 3.05) is 5.73 Å². The summed E-state index contributed by atoms with van der Waals surface area (Å²) in [5, 5.41) is 8.31. The van der Waals surface area contributed by atoms with E-state index < -0.39 is 5.97 Å². The summed E-state index contributed by atoms with van der Waals surface area (Å²) in [6.07, 6.45) is 1.37. The van der Waals surface area contributed by atoms with E-state index in [0.717, 1.165) is 0 Å². The molecule has 0 aliphatic heterocycles. The number of hydrogen-bond acceptors (Lipinski definition) is 3. The van der Waals surface area contributed by atoms with Gasteiger partial charge in [0.05, 0.1) is 5.56 Å². The third kappa shape index (κ3) is 2.83. The Bertz CT molecular complexity index is 377. The summed E-state index contributed by atoms with van der Waals surface area (Å²) in [6, 6.07) is 3.39. The number of rotatable bonds is 1. The summed E-state index contributed by atoms with van der Waals surface area (Å²) >= 11 is 0. The lowest BCUT2D eigenvalue weighted by Gasteiger charge is -1.93. The molecule has 0 spiro atoms. The van der Waals surface area contributed by atoms with Gasteiger partial charge in [-0.3, -0.25) is 4.79 Å². The highest BCUT2D eigenvalue weighted by atomic mass is 16.4. The zero-order valence-corrected chi connectivity index (χ0v) is 6.82. The van der Waals surface area contributed by atoms with Crippen molar-refractivity contribution in [3.8, 4) is 11.8 Å². The maximum Gasteiger partial charge on any atom is 0.315 e. The van der Waals surface area contributed by atoms with Crippen molar-refractivity contribution < 1.29 is 9.90 Å². The number of nitrogens with two attached hydrogens (primary N) is 1. The fourth-order valence-electron chi connectivity index (χ4n) is 0.738. The van der Waals surface area contributed by atoms with E-state index in [1.807, 2.05) is 0 Å². The highest BCUT2D eigenvalue weighted by molar-refractivity contribution is 5.70. The molecule has 0 aliphatic rings. The second kappa shape index (κ2) is 4.12. The molecular weight excluding hydrogens is 168 g/mol. The van der Waals surface area contributed by atoms with Crippen LogP contribution in [0.25, 0.3) is 0 Å². The van der Waals surface area contributed by atoms with Crippen molar-refractivity contribution in [1.29, 1.82) is 0 Å². The van der Waals surface area contributed by atoms with E-state index in [1.165, 1.54) is 0 Å². The molecule has 0 unspecified atom stereocenters. The first-order valence-electron chi connectivity index (χ1n) is 3.61. The third-order valence-electron chi connectivity index (χ3n) is 1.30. The highest BCUT2D eigenvalue weighted by Crippen LogP contribution is 2.03. The van der Waals surface area contributed by atoms with Crippen molar-refractivity contribution in [2.45, 2.75) is 6.42 Å². The number of carbonyl (C=O) groups is 1. The van der Waals surface area contributed by atoms with Gasteiger partial charge in [0.2, 0.25) is 0 Å². The van der Waals surface area contributed by atoms with Crippen LogP contribution in [0.3, 0.4) is 0 Å². The lowest BCUT2D eigenvalue weighted by Crippen LogP contribution is -1.94. The number of carboxylic acid groups (broad SMARTS) is 1. The Morgan fingerprint density at radius 1 is 1.69 bits per heavy atom. The molecule has 4 nitrogen and oxygen atoms in total. The summed E-state index contributed by atoms with van der Waals surface area (Å²) in [7, 11) is 0. The van der Waals surface area contributed by atoms with Crippen LogP contribution in [-0.2, 0) is 4.79 Å². The van der Waals surface area contributed by atoms with Gasteiger partial charge in [-0.2, -0.15) is 0 Å². The van der Waals surface area contributed by atoms with Crippen molar-refractivity contribution >= 4 is 11.8 Å². The third-order valence-corrected chi connectivity index (χ3v) is 1.30. The van der Waals surface area contributed by atoms with Gasteiger partial charge in [0.25, 0.3) is 0 Å². The molecule has 1 aromatic heterocycles. The van der Waals surface area contributed by atoms with Crippen molar-refractivity contribution in [3.05, 3.63) is 23.9 Å². The Balaban J connectivity index is 2.77. The second-order valence-corrected chi connectivity index (χ2v) is 2.31. The maximum atomic E-state index is 10.1. The van der Waals surface area contributed by atoms with Crippen LogP contribution in [0.2, 0.25) is 0 Å². The van der Waals surface area contributed by atoms with Crippen LogP contribution in [0.5, 0.6) is 0 Å². The standard InChI is InChI=1S/C9H8N2O2/c10-9-7(4-2-6-11-9)3-1-5-8(12)13/h2,4,6H,5H2,(H2,10,11)(H,12,13). The number of nitrogens with zero attached hydrogens (tertiary/aromatic N) is 1. The molecule has 1 heterocycles. The molecule has 4 heteroatoms. The number of anilines is 1. The normalized spacial score (nSPS) is 8.62. The number of nitrogen functional groups attached to an aromatic ring is 1. The van der Waals surface area contributed by atoms with Crippen LogP contribution >= 0.6 is 0 Å². The Hall–Kier alpha value is -2.02. The molecule has 1 rings (SSSR count). The number of hydrogen-bond donors (Lipinski definition) is 2. The van der Waals surface area contributed by atoms with Gasteiger partial charge in [0, 0.05) is 6.20 Å². The molecule has 1 aromatic rings. The molecule has 0 aromatic carbocycles. The summed E-state index contributed by atoms with van der Waals surface area (Å²) < 4.78 is 0. The zero-order valence-electron chi connectivity index (χ0n) is 6.82. The topological polar surface area (TPSA) is 76.2 Å². The van der Waals surface area contributed by atoms with Gasteiger partial charge in [-0.1, -0.05) is 11.8 Å². The minimum Gasteiger partial charge on any atom is -0.481 e. The van der Waals surface area contributed by atoms with E-state index in [1.54, 1.807) is 18.3 Å². The first kappa shape index (κ1) is 9.07. The van der Waals surface area contributed by atoms with Gasteiger partial charge in [-0.15, -0.1) is 0 Å². The summed E-state index contributed by atoms with van der Waals surface area (Å²) in [4.78, 5) is 13.9.